The molecular formula is C8H11Cl2NO. The third kappa shape index (κ3) is 2.99. The molecule has 12 heavy (non-hydrogen) atoms. The molecule has 0 fully saturated rings. The molecule has 0 heterocycles. The highest BCUT2D eigenvalue weighted by Gasteiger charge is 2.02. The van der Waals surface area contributed by atoms with Gasteiger partial charge in [0.25, 0.3) is 0 Å². The lowest BCUT2D eigenvalue weighted by Crippen LogP contribution is -2.11. The average molecular weight is 208 g/mol. The third-order valence-corrected chi connectivity index (χ3v) is 1.73. The van der Waals surface area contributed by atoms with Crippen LogP contribution in [0.25, 0.3) is 0 Å². The van der Waals surface area contributed by atoms with Crippen LogP contribution in [-0.4, -0.2) is 11.7 Å². The molecule has 0 aromatic heterocycles. The largest absolute Gasteiger partial charge is 0.387 e. The molecule has 1 aromatic rings. The molecule has 1 rings (SSSR count). The molecule has 3 N–H and O–H groups in total. The van der Waals surface area contributed by atoms with Crippen molar-refractivity contribution in [1.82, 2.24) is 0 Å². The third-order valence-electron chi connectivity index (χ3n) is 1.48. The second kappa shape index (κ2) is 5.38. The molecule has 0 radical (unpaired) electrons. The number of nitrogens with two attached hydrogens (primary N) is 1. The summed E-state index contributed by atoms with van der Waals surface area (Å²) in [4.78, 5) is 0. The van der Waals surface area contributed by atoms with Crippen molar-refractivity contribution in [3.05, 3.63) is 34.9 Å². The molecule has 0 saturated heterocycles. The molecular weight excluding hydrogens is 197 g/mol. The van der Waals surface area contributed by atoms with Gasteiger partial charge in [-0.05, 0) is 17.7 Å². The van der Waals surface area contributed by atoms with Crippen molar-refractivity contribution < 1.29 is 5.11 Å². The maximum Gasteiger partial charge on any atom is 0.0912 e. The van der Waals surface area contributed by atoms with E-state index in [1.807, 2.05) is 0 Å². The van der Waals surface area contributed by atoms with Gasteiger partial charge in [0.1, 0.15) is 0 Å². The maximum atomic E-state index is 9.25. The van der Waals surface area contributed by atoms with Crippen molar-refractivity contribution in [3.63, 3.8) is 0 Å². The number of halogens is 2. The topological polar surface area (TPSA) is 46.2 Å². The van der Waals surface area contributed by atoms with E-state index >= 15 is 0 Å². The lowest BCUT2D eigenvalue weighted by Gasteiger charge is -2.06. The van der Waals surface area contributed by atoms with Crippen molar-refractivity contribution in [2.45, 2.75) is 6.10 Å². The van der Waals surface area contributed by atoms with E-state index in [0.717, 1.165) is 5.56 Å². The van der Waals surface area contributed by atoms with Gasteiger partial charge >= 0.3 is 0 Å². The first-order chi connectivity index (χ1) is 5.24. The molecule has 1 atom stereocenters. The smallest absolute Gasteiger partial charge is 0.0912 e. The van der Waals surface area contributed by atoms with E-state index in [1.165, 1.54) is 0 Å². The normalized spacial score (nSPS) is 11.9. The summed E-state index contributed by atoms with van der Waals surface area (Å²) >= 11 is 5.65. The van der Waals surface area contributed by atoms with E-state index in [1.54, 1.807) is 24.3 Å². The molecule has 0 aliphatic carbocycles. The van der Waals surface area contributed by atoms with Crippen molar-refractivity contribution >= 4 is 24.0 Å². The van der Waals surface area contributed by atoms with Gasteiger partial charge in [-0.1, -0.05) is 23.7 Å². The lowest BCUT2D eigenvalue weighted by molar-refractivity contribution is 0.187. The number of hydrogen-bond donors (Lipinski definition) is 2. The van der Waals surface area contributed by atoms with Gasteiger partial charge < -0.3 is 10.8 Å². The number of aliphatic hydroxyl groups is 1. The van der Waals surface area contributed by atoms with Gasteiger partial charge in [-0.2, -0.15) is 0 Å². The number of hydrogen-bond acceptors (Lipinski definition) is 2. The summed E-state index contributed by atoms with van der Waals surface area (Å²) in [5.41, 5.74) is 6.06. The quantitative estimate of drug-likeness (QED) is 0.777. The first kappa shape index (κ1) is 11.7. The Morgan fingerprint density at radius 3 is 2.25 bits per heavy atom. The summed E-state index contributed by atoms with van der Waals surface area (Å²) in [6.45, 7) is 0.238. The first-order valence-corrected chi connectivity index (χ1v) is 3.75. The average Bonchev–Trinajstić information content (AvgIpc) is 2.05. The molecule has 0 aliphatic heterocycles. The molecule has 0 spiro atoms. The van der Waals surface area contributed by atoms with E-state index < -0.39 is 6.10 Å². The van der Waals surface area contributed by atoms with Crippen LogP contribution >= 0.6 is 24.0 Å². The molecule has 0 saturated carbocycles. The minimum Gasteiger partial charge on any atom is -0.387 e. The van der Waals surface area contributed by atoms with Crippen LogP contribution in [0.2, 0.25) is 5.02 Å². The Hall–Kier alpha value is -0.280. The van der Waals surface area contributed by atoms with Crippen LogP contribution in [0.15, 0.2) is 24.3 Å². The first-order valence-electron chi connectivity index (χ1n) is 3.37. The van der Waals surface area contributed by atoms with Crippen LogP contribution in [0.3, 0.4) is 0 Å². The molecule has 68 valence electrons. The highest BCUT2D eigenvalue weighted by Crippen LogP contribution is 2.14. The van der Waals surface area contributed by atoms with E-state index in [2.05, 4.69) is 0 Å². The Morgan fingerprint density at radius 1 is 1.33 bits per heavy atom. The van der Waals surface area contributed by atoms with Gasteiger partial charge in [0.05, 0.1) is 6.10 Å². The van der Waals surface area contributed by atoms with Crippen LogP contribution < -0.4 is 5.73 Å². The molecule has 2 nitrogen and oxygen atoms in total. The highest BCUT2D eigenvalue weighted by molar-refractivity contribution is 6.30. The van der Waals surface area contributed by atoms with Crippen molar-refractivity contribution in [1.29, 1.82) is 0 Å². The minimum atomic E-state index is -0.577. The molecule has 1 aromatic carbocycles. The fourth-order valence-corrected chi connectivity index (χ4v) is 0.947. The SMILES string of the molecule is Cl.NCC(O)c1ccc(Cl)cc1. The summed E-state index contributed by atoms with van der Waals surface area (Å²) < 4.78 is 0. The zero-order valence-electron chi connectivity index (χ0n) is 6.40. The minimum absolute atomic E-state index is 0. The van der Waals surface area contributed by atoms with Crippen LogP contribution in [0.1, 0.15) is 11.7 Å². The Morgan fingerprint density at radius 2 is 1.83 bits per heavy atom. The zero-order chi connectivity index (χ0) is 8.27. The van der Waals surface area contributed by atoms with Gasteiger partial charge in [-0.3, -0.25) is 0 Å². The van der Waals surface area contributed by atoms with E-state index in [4.69, 9.17) is 17.3 Å². The number of aliphatic hydroxyl groups excluding tert-OH is 1. The van der Waals surface area contributed by atoms with Gasteiger partial charge in [0, 0.05) is 11.6 Å². The summed E-state index contributed by atoms with van der Waals surface area (Å²) in [7, 11) is 0. The van der Waals surface area contributed by atoms with Crippen LogP contribution in [-0.2, 0) is 0 Å². The molecule has 4 heteroatoms. The van der Waals surface area contributed by atoms with Gasteiger partial charge in [-0.25, -0.2) is 0 Å². The second-order valence-corrected chi connectivity index (χ2v) is 2.74. The fourth-order valence-electron chi connectivity index (χ4n) is 0.821. The van der Waals surface area contributed by atoms with Crippen LogP contribution in [0, 0.1) is 0 Å². The van der Waals surface area contributed by atoms with Crippen molar-refractivity contribution in [2.75, 3.05) is 6.54 Å². The van der Waals surface area contributed by atoms with Crippen molar-refractivity contribution in [2.24, 2.45) is 5.73 Å². The number of rotatable bonds is 2. The monoisotopic (exact) mass is 207 g/mol. The molecule has 1 unspecified atom stereocenters. The van der Waals surface area contributed by atoms with Crippen LogP contribution in [0.5, 0.6) is 0 Å². The summed E-state index contributed by atoms with van der Waals surface area (Å²) in [6, 6.07) is 6.99. The summed E-state index contributed by atoms with van der Waals surface area (Å²) in [5, 5.41) is 9.92. The fraction of sp³-hybridized carbons (Fsp3) is 0.250. The number of benzene rings is 1. The van der Waals surface area contributed by atoms with E-state index in [0.29, 0.717) is 5.02 Å². The molecule has 0 amide bonds. The van der Waals surface area contributed by atoms with Crippen LogP contribution in [0.4, 0.5) is 0 Å². The Kier molecular flexibility index (Phi) is 5.25. The summed E-state index contributed by atoms with van der Waals surface area (Å²) in [5.74, 6) is 0. The predicted molar refractivity (Wildman–Crippen MR) is 52.7 cm³/mol. The maximum absolute atomic E-state index is 9.25. The van der Waals surface area contributed by atoms with Gasteiger partial charge in [0.15, 0.2) is 0 Å². The van der Waals surface area contributed by atoms with E-state index in [-0.39, 0.29) is 19.0 Å². The Bertz CT molecular complexity index is 225. The Balaban J connectivity index is 0.00000121. The standard InChI is InChI=1S/C8H10ClNO.ClH/c9-7-3-1-6(2-4-7)8(11)5-10;/h1-4,8,11H,5,10H2;1H. The molecule has 0 aliphatic rings. The van der Waals surface area contributed by atoms with Gasteiger partial charge in [0.2, 0.25) is 0 Å². The van der Waals surface area contributed by atoms with Crippen molar-refractivity contribution in [3.8, 4) is 0 Å². The lowest BCUT2D eigenvalue weighted by atomic mass is 10.1. The zero-order valence-corrected chi connectivity index (χ0v) is 7.98. The second-order valence-electron chi connectivity index (χ2n) is 2.30. The Labute approximate surface area is 82.8 Å². The highest BCUT2D eigenvalue weighted by atomic mass is 35.5. The van der Waals surface area contributed by atoms with E-state index in [9.17, 15) is 5.11 Å². The summed E-state index contributed by atoms with van der Waals surface area (Å²) in [6.07, 6.45) is -0.577. The van der Waals surface area contributed by atoms with Gasteiger partial charge in [-0.15, -0.1) is 12.4 Å². The predicted octanol–water partition coefficient (Wildman–Crippen LogP) is 1.75. The molecule has 0 bridgehead atoms.